The van der Waals surface area contributed by atoms with Crippen molar-refractivity contribution in [1.82, 2.24) is 4.98 Å². The highest BCUT2D eigenvalue weighted by molar-refractivity contribution is 5.91. The molecule has 3 nitrogen and oxygen atoms in total. The van der Waals surface area contributed by atoms with Crippen LogP contribution in [0, 0.1) is 0 Å². The predicted octanol–water partition coefficient (Wildman–Crippen LogP) is 5.07. The predicted molar refractivity (Wildman–Crippen MR) is 97.0 cm³/mol. The van der Waals surface area contributed by atoms with Gasteiger partial charge in [-0.25, -0.2) is 0 Å². The number of allylic oxidation sites excluding steroid dienone is 2. The average Bonchev–Trinajstić information content (AvgIpc) is 3.00. The molecule has 3 heteroatoms. The molecule has 0 aliphatic heterocycles. The molecule has 0 radical (unpaired) electrons. The fourth-order valence-corrected chi connectivity index (χ4v) is 3.43. The third kappa shape index (κ3) is 2.56. The molecule has 2 aromatic carbocycles. The van der Waals surface area contributed by atoms with Crippen LogP contribution in [-0.4, -0.2) is 12.1 Å². The van der Waals surface area contributed by atoms with E-state index in [-0.39, 0.29) is 0 Å². The Morgan fingerprint density at radius 3 is 2.67 bits per heavy atom. The lowest BCUT2D eigenvalue weighted by atomic mass is 9.94. The summed E-state index contributed by atoms with van der Waals surface area (Å²) in [5.41, 5.74) is 6.13. The minimum atomic E-state index is 0.622. The van der Waals surface area contributed by atoms with Gasteiger partial charge in [-0.15, -0.1) is 0 Å². The van der Waals surface area contributed by atoms with Crippen LogP contribution in [0.15, 0.2) is 54.3 Å². The fourth-order valence-electron chi connectivity index (χ4n) is 3.43. The van der Waals surface area contributed by atoms with Gasteiger partial charge in [0.2, 0.25) is 0 Å². The van der Waals surface area contributed by atoms with Gasteiger partial charge in [-0.3, -0.25) is 0 Å². The van der Waals surface area contributed by atoms with Crippen molar-refractivity contribution in [2.45, 2.75) is 26.4 Å². The molecule has 0 atom stereocenters. The lowest BCUT2D eigenvalue weighted by Crippen LogP contribution is -2.05. The molecule has 0 unspecified atom stereocenters. The lowest BCUT2D eigenvalue weighted by Gasteiger charge is -2.19. The molecule has 122 valence electrons. The molecule has 0 spiro atoms. The second-order valence-corrected chi connectivity index (χ2v) is 6.21. The van der Waals surface area contributed by atoms with Gasteiger partial charge >= 0.3 is 0 Å². The Morgan fingerprint density at radius 2 is 1.88 bits per heavy atom. The van der Waals surface area contributed by atoms with Crippen LogP contribution in [0.1, 0.15) is 30.2 Å². The van der Waals surface area contributed by atoms with Crippen LogP contribution in [0.2, 0.25) is 0 Å². The number of hydrogen-bond acceptors (Lipinski definition) is 2. The van der Waals surface area contributed by atoms with Crippen LogP contribution in [0.5, 0.6) is 5.75 Å². The molecule has 0 bridgehead atoms. The summed E-state index contributed by atoms with van der Waals surface area (Å²) in [6, 6.07) is 16.5. The van der Waals surface area contributed by atoms with Crippen LogP contribution in [-0.2, 0) is 17.8 Å². The minimum Gasteiger partial charge on any atom is -0.497 e. The number of rotatable bonds is 4. The standard InChI is InChI=1S/C21H21NO2/c1-14-20(24-13-15-6-4-3-5-7-15)11-10-18-17-9-8-16(23-2)12-19(17)22-21(14)18/h3-9,12,22H,10-11,13H2,1-2H3. The third-order valence-electron chi connectivity index (χ3n) is 4.76. The van der Waals surface area contributed by atoms with E-state index in [0.29, 0.717) is 6.61 Å². The van der Waals surface area contributed by atoms with E-state index < -0.39 is 0 Å². The topological polar surface area (TPSA) is 34.2 Å². The summed E-state index contributed by atoms with van der Waals surface area (Å²) in [7, 11) is 1.70. The Labute approximate surface area is 141 Å². The number of benzene rings is 2. The minimum absolute atomic E-state index is 0.622. The van der Waals surface area contributed by atoms with Gasteiger partial charge in [0.15, 0.2) is 0 Å². The van der Waals surface area contributed by atoms with Crippen LogP contribution in [0.25, 0.3) is 16.5 Å². The van der Waals surface area contributed by atoms with Gasteiger partial charge in [0.25, 0.3) is 0 Å². The Balaban J connectivity index is 1.65. The third-order valence-corrected chi connectivity index (χ3v) is 4.76. The number of H-pyrrole nitrogens is 1. The second kappa shape index (κ2) is 6.08. The van der Waals surface area contributed by atoms with Crippen LogP contribution in [0.3, 0.4) is 0 Å². The number of ether oxygens (including phenoxy) is 2. The van der Waals surface area contributed by atoms with Gasteiger partial charge in [0, 0.05) is 34.7 Å². The number of aryl methyl sites for hydroxylation is 1. The maximum absolute atomic E-state index is 6.11. The molecule has 0 fully saturated rings. The Kier molecular flexibility index (Phi) is 3.77. The summed E-state index contributed by atoms with van der Waals surface area (Å²) in [6.45, 7) is 2.77. The molecule has 0 saturated heterocycles. The second-order valence-electron chi connectivity index (χ2n) is 6.21. The molecule has 4 rings (SSSR count). The van der Waals surface area contributed by atoms with Gasteiger partial charge < -0.3 is 14.5 Å². The van der Waals surface area contributed by atoms with E-state index in [2.05, 4.69) is 36.2 Å². The normalized spacial score (nSPS) is 13.9. The van der Waals surface area contributed by atoms with Crippen LogP contribution >= 0.6 is 0 Å². The van der Waals surface area contributed by atoms with E-state index in [9.17, 15) is 0 Å². The summed E-state index contributed by atoms with van der Waals surface area (Å²) in [6.07, 6.45) is 1.95. The van der Waals surface area contributed by atoms with Crippen molar-refractivity contribution in [2.75, 3.05) is 7.11 Å². The largest absolute Gasteiger partial charge is 0.497 e. The number of fused-ring (bicyclic) bond motifs is 3. The molecule has 24 heavy (non-hydrogen) atoms. The smallest absolute Gasteiger partial charge is 0.120 e. The molecule has 3 aromatic rings. The molecule has 1 aromatic heterocycles. The van der Waals surface area contributed by atoms with Crippen molar-refractivity contribution in [2.24, 2.45) is 0 Å². The van der Waals surface area contributed by atoms with E-state index in [4.69, 9.17) is 9.47 Å². The number of hydrogen-bond donors (Lipinski definition) is 1. The summed E-state index contributed by atoms with van der Waals surface area (Å²) < 4.78 is 11.4. The van der Waals surface area contributed by atoms with Crippen molar-refractivity contribution in [3.8, 4) is 5.75 Å². The fraction of sp³-hybridized carbons (Fsp3) is 0.238. The first kappa shape index (κ1) is 14.9. The molecule has 0 amide bonds. The van der Waals surface area contributed by atoms with Gasteiger partial charge in [0.1, 0.15) is 18.1 Å². The molecule has 1 N–H and O–H groups in total. The van der Waals surface area contributed by atoms with Crippen LogP contribution in [0.4, 0.5) is 0 Å². The van der Waals surface area contributed by atoms with E-state index in [0.717, 1.165) is 29.9 Å². The van der Waals surface area contributed by atoms with E-state index in [1.165, 1.54) is 27.8 Å². The molecular formula is C21H21NO2. The summed E-state index contributed by atoms with van der Waals surface area (Å²) in [5, 5.41) is 1.28. The highest BCUT2D eigenvalue weighted by Gasteiger charge is 2.21. The van der Waals surface area contributed by atoms with Crippen molar-refractivity contribution in [3.63, 3.8) is 0 Å². The number of nitrogens with one attached hydrogen (secondary N) is 1. The zero-order valence-electron chi connectivity index (χ0n) is 14.1. The first-order valence-electron chi connectivity index (χ1n) is 8.31. The number of aromatic amines is 1. The summed E-state index contributed by atoms with van der Waals surface area (Å²) in [4.78, 5) is 3.55. The van der Waals surface area contributed by atoms with Crippen LogP contribution < -0.4 is 4.74 Å². The molecular weight excluding hydrogens is 298 g/mol. The van der Waals surface area contributed by atoms with Gasteiger partial charge in [-0.2, -0.15) is 0 Å². The zero-order chi connectivity index (χ0) is 16.5. The first-order valence-corrected chi connectivity index (χ1v) is 8.31. The van der Waals surface area contributed by atoms with E-state index in [1.54, 1.807) is 7.11 Å². The monoisotopic (exact) mass is 319 g/mol. The van der Waals surface area contributed by atoms with Gasteiger partial charge in [-0.05, 0) is 36.6 Å². The number of methoxy groups -OCH3 is 1. The van der Waals surface area contributed by atoms with Crippen molar-refractivity contribution in [3.05, 3.63) is 71.1 Å². The maximum Gasteiger partial charge on any atom is 0.120 e. The average molecular weight is 319 g/mol. The van der Waals surface area contributed by atoms with Gasteiger partial charge in [0.05, 0.1) is 7.11 Å². The highest BCUT2D eigenvalue weighted by Crippen LogP contribution is 2.37. The highest BCUT2D eigenvalue weighted by atomic mass is 16.5. The van der Waals surface area contributed by atoms with Crippen molar-refractivity contribution in [1.29, 1.82) is 0 Å². The zero-order valence-corrected chi connectivity index (χ0v) is 14.1. The Bertz CT molecular complexity index is 906. The summed E-state index contributed by atoms with van der Waals surface area (Å²) in [5.74, 6) is 1.97. The van der Waals surface area contributed by atoms with Crippen molar-refractivity contribution >= 4 is 16.5 Å². The molecule has 1 aliphatic carbocycles. The Hall–Kier alpha value is -2.68. The Morgan fingerprint density at radius 1 is 1.04 bits per heavy atom. The molecule has 1 heterocycles. The van der Waals surface area contributed by atoms with E-state index >= 15 is 0 Å². The summed E-state index contributed by atoms with van der Waals surface area (Å²) >= 11 is 0. The SMILES string of the molecule is COc1ccc2c3c([nH]c2c1)C(C)=C(OCc1ccccc1)CC3. The quantitative estimate of drug-likeness (QED) is 0.728. The first-order chi connectivity index (χ1) is 11.8. The maximum atomic E-state index is 6.11. The number of aromatic nitrogens is 1. The molecule has 0 saturated carbocycles. The van der Waals surface area contributed by atoms with E-state index in [1.807, 2.05) is 24.3 Å². The molecule has 1 aliphatic rings. The lowest BCUT2D eigenvalue weighted by molar-refractivity contribution is 0.189. The van der Waals surface area contributed by atoms with Crippen molar-refractivity contribution < 1.29 is 9.47 Å². The van der Waals surface area contributed by atoms with Gasteiger partial charge in [-0.1, -0.05) is 30.3 Å².